The van der Waals surface area contributed by atoms with E-state index in [-0.39, 0.29) is 10.9 Å². The van der Waals surface area contributed by atoms with Gasteiger partial charge >= 0.3 is 0 Å². The maximum atomic E-state index is 12.4. The molecule has 0 aliphatic carbocycles. The van der Waals surface area contributed by atoms with Crippen LogP contribution >= 0.6 is 23.4 Å². The number of hydrogen-bond donors (Lipinski definition) is 1. The Bertz CT molecular complexity index is 1010. The molecule has 0 fully saturated rings. The molecule has 1 aromatic heterocycles. The largest absolute Gasteiger partial charge is 0.411 e. The molecule has 8 heteroatoms. The Kier molecular flexibility index (Phi) is 5.79. The first-order valence-corrected chi connectivity index (χ1v) is 9.30. The van der Waals surface area contributed by atoms with Crippen molar-refractivity contribution in [3.05, 3.63) is 58.6 Å². The zero-order chi connectivity index (χ0) is 19.4. The number of carbonyl (C=O) groups is 1. The van der Waals surface area contributed by atoms with Crippen molar-refractivity contribution in [2.24, 2.45) is 0 Å². The molecular formula is C19H15ClN4O2S. The Balaban J connectivity index is 1.64. The lowest BCUT2D eigenvalue weighted by atomic mass is 10.1. The highest BCUT2D eigenvalue weighted by atomic mass is 35.5. The number of rotatable bonds is 5. The van der Waals surface area contributed by atoms with Gasteiger partial charge in [-0.05, 0) is 44.2 Å². The Morgan fingerprint density at radius 3 is 2.67 bits per heavy atom. The highest BCUT2D eigenvalue weighted by molar-refractivity contribution is 8.00. The van der Waals surface area contributed by atoms with Gasteiger partial charge in [-0.1, -0.05) is 41.1 Å². The molecule has 1 amide bonds. The summed E-state index contributed by atoms with van der Waals surface area (Å²) >= 11 is 7.14. The summed E-state index contributed by atoms with van der Waals surface area (Å²) in [6.07, 6.45) is 0. The van der Waals surface area contributed by atoms with Crippen LogP contribution in [-0.2, 0) is 4.79 Å². The number of halogens is 1. The number of carbonyl (C=O) groups excluding carboxylic acids is 1. The molecular weight excluding hydrogens is 384 g/mol. The minimum atomic E-state index is -0.467. The average molecular weight is 399 g/mol. The number of hydrogen-bond acceptors (Lipinski definition) is 6. The van der Waals surface area contributed by atoms with Crippen LogP contribution in [0.4, 0.5) is 5.69 Å². The first-order chi connectivity index (χ1) is 13.0. The molecule has 1 heterocycles. The van der Waals surface area contributed by atoms with Gasteiger partial charge in [0.25, 0.3) is 5.22 Å². The number of thioether (sulfide) groups is 1. The van der Waals surface area contributed by atoms with Gasteiger partial charge in [-0.2, -0.15) is 5.26 Å². The molecule has 0 bridgehead atoms. The quantitative estimate of drug-likeness (QED) is 0.627. The van der Waals surface area contributed by atoms with Crippen LogP contribution < -0.4 is 5.32 Å². The van der Waals surface area contributed by atoms with E-state index >= 15 is 0 Å². The van der Waals surface area contributed by atoms with Gasteiger partial charge in [0.15, 0.2) is 0 Å². The van der Waals surface area contributed by atoms with Gasteiger partial charge in [0.1, 0.15) is 6.07 Å². The first-order valence-electron chi connectivity index (χ1n) is 8.04. The van der Waals surface area contributed by atoms with Gasteiger partial charge in [-0.3, -0.25) is 4.79 Å². The van der Waals surface area contributed by atoms with Crippen molar-refractivity contribution in [2.45, 2.75) is 24.3 Å². The number of nitrogens with zero attached hydrogens (tertiary/aromatic N) is 3. The number of anilines is 1. The van der Waals surface area contributed by atoms with E-state index in [1.54, 1.807) is 19.1 Å². The third-order valence-corrected chi connectivity index (χ3v) is 4.96. The molecule has 136 valence electrons. The summed E-state index contributed by atoms with van der Waals surface area (Å²) in [5.41, 5.74) is 2.83. The van der Waals surface area contributed by atoms with Crippen LogP contribution in [0.25, 0.3) is 11.5 Å². The molecule has 0 aliphatic heterocycles. The lowest BCUT2D eigenvalue weighted by Gasteiger charge is -2.10. The van der Waals surface area contributed by atoms with Crippen molar-refractivity contribution in [2.75, 3.05) is 5.32 Å². The molecule has 0 saturated heterocycles. The molecule has 3 aromatic rings. The number of aryl methyl sites for hydroxylation is 1. The number of nitriles is 1. The standard InChI is InChI=1S/C19H15ClN4O2S/c1-11-3-5-13(6-4-11)18-23-24-19(26-18)27-12(2)17(25)22-15-8-7-14(10-21)16(20)9-15/h3-9,12H,1-2H3,(H,22,25)/t12-/m1/s1. The Morgan fingerprint density at radius 1 is 1.26 bits per heavy atom. The average Bonchev–Trinajstić information content (AvgIpc) is 3.11. The number of nitrogens with one attached hydrogen (secondary N) is 1. The minimum Gasteiger partial charge on any atom is -0.411 e. The van der Waals surface area contributed by atoms with Crippen molar-refractivity contribution in [3.8, 4) is 17.5 Å². The van der Waals surface area contributed by atoms with Crippen LogP contribution in [-0.4, -0.2) is 21.4 Å². The minimum absolute atomic E-state index is 0.240. The second kappa shape index (κ2) is 8.25. The van der Waals surface area contributed by atoms with Gasteiger partial charge in [0, 0.05) is 11.3 Å². The molecule has 1 N–H and O–H groups in total. The maximum absolute atomic E-state index is 12.4. The van der Waals surface area contributed by atoms with Gasteiger partial charge in [0.05, 0.1) is 15.8 Å². The zero-order valence-corrected chi connectivity index (χ0v) is 16.1. The van der Waals surface area contributed by atoms with Crippen molar-refractivity contribution in [1.82, 2.24) is 10.2 Å². The van der Waals surface area contributed by atoms with E-state index in [2.05, 4.69) is 15.5 Å². The predicted octanol–water partition coefficient (Wildman–Crippen LogP) is 4.69. The fourth-order valence-electron chi connectivity index (χ4n) is 2.20. The summed E-state index contributed by atoms with van der Waals surface area (Å²) in [7, 11) is 0. The van der Waals surface area contributed by atoms with E-state index in [9.17, 15) is 4.79 Å². The number of benzene rings is 2. The van der Waals surface area contributed by atoms with Crippen molar-refractivity contribution in [3.63, 3.8) is 0 Å². The lowest BCUT2D eigenvalue weighted by molar-refractivity contribution is -0.115. The van der Waals surface area contributed by atoms with Crippen molar-refractivity contribution in [1.29, 1.82) is 5.26 Å². The summed E-state index contributed by atoms with van der Waals surface area (Å²) in [6, 6.07) is 14.4. The summed E-state index contributed by atoms with van der Waals surface area (Å²) < 4.78 is 5.63. The molecule has 1 atom stereocenters. The summed E-state index contributed by atoms with van der Waals surface area (Å²) in [5, 5.41) is 19.8. The van der Waals surface area contributed by atoms with Crippen LogP contribution in [0.2, 0.25) is 5.02 Å². The second-order valence-electron chi connectivity index (χ2n) is 5.79. The van der Waals surface area contributed by atoms with Crippen LogP contribution in [0.15, 0.2) is 52.1 Å². The molecule has 6 nitrogen and oxygen atoms in total. The van der Waals surface area contributed by atoms with E-state index in [0.29, 0.717) is 22.4 Å². The molecule has 2 aromatic carbocycles. The molecule has 0 spiro atoms. The number of aromatic nitrogens is 2. The van der Waals surface area contributed by atoms with Crippen LogP contribution in [0, 0.1) is 18.3 Å². The fourth-order valence-corrected chi connectivity index (χ4v) is 3.11. The molecule has 0 saturated carbocycles. The summed E-state index contributed by atoms with van der Waals surface area (Å²) in [4.78, 5) is 12.4. The maximum Gasteiger partial charge on any atom is 0.277 e. The highest BCUT2D eigenvalue weighted by Crippen LogP contribution is 2.27. The molecule has 0 aliphatic rings. The Morgan fingerprint density at radius 2 is 2.00 bits per heavy atom. The van der Waals surface area contributed by atoms with Gasteiger partial charge in [0.2, 0.25) is 11.8 Å². The third-order valence-electron chi connectivity index (χ3n) is 3.71. The van der Waals surface area contributed by atoms with E-state index < -0.39 is 5.25 Å². The second-order valence-corrected chi connectivity index (χ2v) is 7.49. The van der Waals surface area contributed by atoms with Gasteiger partial charge in [-0.25, -0.2) is 0 Å². The van der Waals surface area contributed by atoms with Gasteiger partial charge in [-0.15, -0.1) is 10.2 Å². The zero-order valence-electron chi connectivity index (χ0n) is 14.6. The van der Waals surface area contributed by atoms with Crippen molar-refractivity contribution >= 4 is 35.0 Å². The first kappa shape index (κ1) is 19.0. The lowest BCUT2D eigenvalue weighted by Crippen LogP contribution is -2.22. The predicted molar refractivity (Wildman–Crippen MR) is 105 cm³/mol. The molecule has 27 heavy (non-hydrogen) atoms. The molecule has 0 unspecified atom stereocenters. The Labute approximate surface area is 165 Å². The van der Waals surface area contributed by atoms with Crippen LogP contribution in [0.3, 0.4) is 0 Å². The third kappa shape index (κ3) is 4.67. The topological polar surface area (TPSA) is 91.8 Å². The van der Waals surface area contributed by atoms with Gasteiger partial charge < -0.3 is 9.73 Å². The monoisotopic (exact) mass is 398 g/mol. The molecule has 0 radical (unpaired) electrons. The van der Waals surface area contributed by atoms with Crippen LogP contribution in [0.1, 0.15) is 18.1 Å². The highest BCUT2D eigenvalue weighted by Gasteiger charge is 2.19. The summed E-state index contributed by atoms with van der Waals surface area (Å²) in [6.45, 7) is 3.74. The van der Waals surface area contributed by atoms with Crippen LogP contribution in [0.5, 0.6) is 0 Å². The summed E-state index contributed by atoms with van der Waals surface area (Å²) in [5.74, 6) is 0.167. The number of amides is 1. The SMILES string of the molecule is Cc1ccc(-c2nnc(S[C@H](C)C(=O)Nc3ccc(C#N)c(Cl)c3)o2)cc1. The normalized spacial score (nSPS) is 11.6. The van der Waals surface area contributed by atoms with E-state index in [1.807, 2.05) is 37.3 Å². The van der Waals surface area contributed by atoms with E-state index in [4.69, 9.17) is 21.3 Å². The Hall–Kier alpha value is -2.82. The van der Waals surface area contributed by atoms with E-state index in [1.165, 1.54) is 6.07 Å². The fraction of sp³-hybridized carbons (Fsp3) is 0.158. The van der Waals surface area contributed by atoms with E-state index in [0.717, 1.165) is 22.9 Å². The van der Waals surface area contributed by atoms with Crippen molar-refractivity contribution < 1.29 is 9.21 Å². The smallest absolute Gasteiger partial charge is 0.277 e. The molecule has 3 rings (SSSR count).